The van der Waals surface area contributed by atoms with Crippen LogP contribution in [0.3, 0.4) is 0 Å². The Bertz CT molecular complexity index is 677. The number of amides is 2. The van der Waals surface area contributed by atoms with Crippen molar-refractivity contribution in [2.45, 2.75) is 25.7 Å². The number of rotatable bonds is 6. The Morgan fingerprint density at radius 2 is 2.18 bits per heavy atom. The topological polar surface area (TPSA) is 65.2 Å². The number of H-pyrrole nitrogens is 1. The van der Waals surface area contributed by atoms with Crippen LogP contribution in [0.5, 0.6) is 0 Å². The summed E-state index contributed by atoms with van der Waals surface area (Å²) in [5.41, 5.74) is 2.07. The smallest absolute Gasteiger partial charge is 0.224 e. The first kappa shape index (κ1) is 14.6. The molecule has 0 unspecified atom stereocenters. The Kier molecular flexibility index (Phi) is 4.42. The van der Waals surface area contributed by atoms with Crippen LogP contribution in [-0.4, -0.2) is 41.3 Å². The Morgan fingerprint density at radius 1 is 1.32 bits per heavy atom. The SMILES string of the molecule is O=C(Cc1c[nH]c2ccccc12)NCCCN1CCCC1=O. The van der Waals surface area contributed by atoms with E-state index in [0.717, 1.165) is 42.4 Å². The van der Waals surface area contributed by atoms with Gasteiger partial charge in [-0.05, 0) is 24.5 Å². The van der Waals surface area contributed by atoms with Gasteiger partial charge in [0.2, 0.25) is 11.8 Å². The molecule has 1 aliphatic heterocycles. The molecule has 22 heavy (non-hydrogen) atoms. The molecule has 0 aliphatic carbocycles. The van der Waals surface area contributed by atoms with Crippen molar-refractivity contribution in [1.29, 1.82) is 0 Å². The van der Waals surface area contributed by atoms with E-state index < -0.39 is 0 Å². The zero-order valence-electron chi connectivity index (χ0n) is 12.6. The second-order valence-corrected chi connectivity index (χ2v) is 5.72. The Morgan fingerprint density at radius 3 is 3.00 bits per heavy atom. The van der Waals surface area contributed by atoms with E-state index in [1.54, 1.807) is 0 Å². The normalized spacial score (nSPS) is 14.7. The van der Waals surface area contributed by atoms with Crippen LogP contribution in [-0.2, 0) is 16.0 Å². The number of likely N-dealkylation sites (tertiary alicyclic amines) is 1. The molecule has 2 N–H and O–H groups in total. The Balaban J connectivity index is 1.43. The third-order valence-corrected chi connectivity index (χ3v) is 4.12. The van der Waals surface area contributed by atoms with Gasteiger partial charge >= 0.3 is 0 Å². The highest BCUT2D eigenvalue weighted by Crippen LogP contribution is 2.17. The van der Waals surface area contributed by atoms with E-state index in [0.29, 0.717) is 19.4 Å². The molecule has 5 heteroatoms. The highest BCUT2D eigenvalue weighted by Gasteiger charge is 2.19. The van der Waals surface area contributed by atoms with Gasteiger partial charge in [-0.1, -0.05) is 18.2 Å². The minimum Gasteiger partial charge on any atom is -0.361 e. The molecule has 1 fully saturated rings. The Labute approximate surface area is 129 Å². The lowest BCUT2D eigenvalue weighted by atomic mass is 10.1. The van der Waals surface area contributed by atoms with Crippen molar-refractivity contribution >= 4 is 22.7 Å². The lowest BCUT2D eigenvalue weighted by Crippen LogP contribution is -2.31. The quantitative estimate of drug-likeness (QED) is 0.799. The molecule has 0 saturated carbocycles. The van der Waals surface area contributed by atoms with Gasteiger partial charge in [0.15, 0.2) is 0 Å². The van der Waals surface area contributed by atoms with Gasteiger partial charge in [-0.25, -0.2) is 0 Å². The van der Waals surface area contributed by atoms with Gasteiger partial charge in [0.1, 0.15) is 0 Å². The molecule has 1 aromatic heterocycles. The molecule has 1 saturated heterocycles. The summed E-state index contributed by atoms with van der Waals surface area (Å²) in [4.78, 5) is 28.5. The summed E-state index contributed by atoms with van der Waals surface area (Å²) in [6.07, 6.45) is 4.73. The highest BCUT2D eigenvalue weighted by atomic mass is 16.2. The lowest BCUT2D eigenvalue weighted by Gasteiger charge is -2.15. The molecule has 0 bridgehead atoms. The molecular formula is C17H21N3O2. The van der Waals surface area contributed by atoms with Crippen molar-refractivity contribution in [3.8, 4) is 0 Å². The highest BCUT2D eigenvalue weighted by molar-refractivity contribution is 5.88. The fraction of sp³-hybridized carbons (Fsp3) is 0.412. The van der Waals surface area contributed by atoms with E-state index >= 15 is 0 Å². The Hall–Kier alpha value is -2.30. The number of aromatic amines is 1. The van der Waals surface area contributed by atoms with Crippen LogP contribution in [0.2, 0.25) is 0 Å². The lowest BCUT2D eigenvalue weighted by molar-refractivity contribution is -0.127. The van der Waals surface area contributed by atoms with E-state index in [1.165, 1.54) is 0 Å². The summed E-state index contributed by atoms with van der Waals surface area (Å²) in [7, 11) is 0. The molecular weight excluding hydrogens is 278 g/mol. The van der Waals surface area contributed by atoms with Gasteiger partial charge in [-0.15, -0.1) is 0 Å². The van der Waals surface area contributed by atoms with Crippen molar-refractivity contribution in [1.82, 2.24) is 15.2 Å². The van der Waals surface area contributed by atoms with Gasteiger partial charge in [0, 0.05) is 43.2 Å². The largest absolute Gasteiger partial charge is 0.361 e. The zero-order chi connectivity index (χ0) is 15.4. The number of carbonyl (C=O) groups excluding carboxylic acids is 2. The van der Waals surface area contributed by atoms with Crippen LogP contribution < -0.4 is 5.32 Å². The van der Waals surface area contributed by atoms with Crippen molar-refractivity contribution < 1.29 is 9.59 Å². The van der Waals surface area contributed by atoms with Gasteiger partial charge in [0.25, 0.3) is 0 Å². The number of hydrogen-bond donors (Lipinski definition) is 2. The maximum absolute atomic E-state index is 12.0. The summed E-state index contributed by atoms with van der Waals surface area (Å²) in [5.74, 6) is 0.266. The van der Waals surface area contributed by atoms with Gasteiger partial charge < -0.3 is 15.2 Å². The fourth-order valence-corrected chi connectivity index (χ4v) is 2.95. The molecule has 2 aromatic rings. The number of benzene rings is 1. The maximum Gasteiger partial charge on any atom is 0.224 e. The van der Waals surface area contributed by atoms with E-state index in [9.17, 15) is 9.59 Å². The number of hydrogen-bond acceptors (Lipinski definition) is 2. The average molecular weight is 299 g/mol. The molecule has 2 amide bonds. The number of fused-ring (bicyclic) bond motifs is 1. The van der Waals surface area contributed by atoms with E-state index in [2.05, 4.69) is 10.3 Å². The summed E-state index contributed by atoms with van der Waals surface area (Å²) in [6.45, 7) is 2.22. The second kappa shape index (κ2) is 6.64. The number of nitrogens with zero attached hydrogens (tertiary/aromatic N) is 1. The van der Waals surface area contributed by atoms with Gasteiger partial charge in [-0.3, -0.25) is 9.59 Å². The van der Waals surface area contributed by atoms with Crippen molar-refractivity contribution in [3.63, 3.8) is 0 Å². The number of para-hydroxylation sites is 1. The summed E-state index contributed by atoms with van der Waals surface area (Å²) in [6, 6.07) is 7.98. The van der Waals surface area contributed by atoms with Crippen LogP contribution in [0.25, 0.3) is 10.9 Å². The predicted molar refractivity (Wildman–Crippen MR) is 85.4 cm³/mol. The molecule has 0 atom stereocenters. The average Bonchev–Trinajstić information content (AvgIpc) is 3.11. The zero-order valence-corrected chi connectivity index (χ0v) is 12.6. The molecule has 0 spiro atoms. The van der Waals surface area contributed by atoms with Gasteiger partial charge in [0.05, 0.1) is 6.42 Å². The first-order valence-electron chi connectivity index (χ1n) is 7.83. The minimum absolute atomic E-state index is 0.0255. The first-order chi connectivity index (χ1) is 10.7. The number of nitrogens with one attached hydrogen (secondary N) is 2. The van der Waals surface area contributed by atoms with E-state index in [1.807, 2.05) is 35.4 Å². The molecule has 1 aromatic carbocycles. The summed E-state index contributed by atoms with van der Waals surface area (Å²) >= 11 is 0. The molecule has 3 rings (SSSR count). The van der Waals surface area contributed by atoms with E-state index in [-0.39, 0.29) is 11.8 Å². The van der Waals surface area contributed by atoms with Crippen LogP contribution in [0.4, 0.5) is 0 Å². The standard InChI is InChI=1S/C17H21N3O2/c21-16(18-8-4-10-20-9-3-7-17(20)22)11-13-12-19-15-6-2-1-5-14(13)15/h1-2,5-6,12,19H,3-4,7-11H2,(H,18,21). The van der Waals surface area contributed by atoms with Crippen molar-refractivity contribution in [2.75, 3.05) is 19.6 Å². The van der Waals surface area contributed by atoms with Crippen molar-refractivity contribution in [3.05, 3.63) is 36.0 Å². The van der Waals surface area contributed by atoms with E-state index in [4.69, 9.17) is 0 Å². The van der Waals surface area contributed by atoms with Crippen LogP contribution in [0.15, 0.2) is 30.5 Å². The van der Waals surface area contributed by atoms with Gasteiger partial charge in [-0.2, -0.15) is 0 Å². The molecule has 1 aliphatic rings. The predicted octanol–water partition coefficient (Wildman–Crippen LogP) is 1.84. The first-order valence-corrected chi connectivity index (χ1v) is 7.83. The molecule has 2 heterocycles. The molecule has 5 nitrogen and oxygen atoms in total. The number of carbonyl (C=O) groups is 2. The fourth-order valence-electron chi connectivity index (χ4n) is 2.95. The number of aromatic nitrogens is 1. The summed E-state index contributed by atoms with van der Waals surface area (Å²) in [5, 5.41) is 4.03. The minimum atomic E-state index is 0.0255. The third-order valence-electron chi connectivity index (χ3n) is 4.12. The third kappa shape index (κ3) is 3.30. The summed E-state index contributed by atoms with van der Waals surface area (Å²) < 4.78 is 0. The van der Waals surface area contributed by atoms with Crippen molar-refractivity contribution in [2.24, 2.45) is 0 Å². The monoisotopic (exact) mass is 299 g/mol. The molecule has 0 radical (unpaired) electrons. The molecule has 116 valence electrons. The van der Waals surface area contributed by atoms with Crippen LogP contribution in [0, 0.1) is 0 Å². The maximum atomic E-state index is 12.0. The van der Waals surface area contributed by atoms with Crippen LogP contribution in [0.1, 0.15) is 24.8 Å². The second-order valence-electron chi connectivity index (χ2n) is 5.72. The van der Waals surface area contributed by atoms with Crippen LogP contribution >= 0.6 is 0 Å².